The van der Waals surface area contributed by atoms with E-state index in [2.05, 4.69) is 0 Å². The van der Waals surface area contributed by atoms with Crippen molar-refractivity contribution in [1.82, 2.24) is 0 Å². The fourth-order valence-electron chi connectivity index (χ4n) is 1.62. The normalized spacial score (nSPS) is 13.0. The first kappa shape index (κ1) is 16.2. The molecule has 0 saturated heterocycles. The van der Waals surface area contributed by atoms with E-state index in [9.17, 15) is 13.2 Å². The Morgan fingerprint density at radius 2 is 1.63 bits per heavy atom. The van der Waals surface area contributed by atoms with Crippen molar-refractivity contribution < 1.29 is 26.4 Å². The zero-order valence-corrected chi connectivity index (χ0v) is 12.2. The van der Waals surface area contributed by atoms with Gasteiger partial charge >= 0.3 is 9.53 Å². The van der Waals surface area contributed by atoms with Gasteiger partial charge in [-0.05, 0) is 19.8 Å². The molecule has 0 fully saturated rings. The summed E-state index contributed by atoms with van der Waals surface area (Å²) in [5.41, 5.74) is -0.134. The minimum atomic E-state index is -2.16. The molecule has 0 aromatic heterocycles. The van der Waals surface area contributed by atoms with Gasteiger partial charge in [0, 0.05) is 38.0 Å². The van der Waals surface area contributed by atoms with Crippen LogP contribution in [0.4, 0.5) is 13.2 Å². The van der Waals surface area contributed by atoms with Gasteiger partial charge < -0.3 is 13.3 Å². The molecule has 1 atom stereocenters. The number of rotatable bonds is 7. The lowest BCUT2D eigenvalue weighted by Crippen LogP contribution is -2.29. The number of halogens is 3. The molecular formula is C12H17F3O3Si. The van der Waals surface area contributed by atoms with Crippen molar-refractivity contribution in [2.24, 2.45) is 0 Å². The Morgan fingerprint density at radius 1 is 1.11 bits per heavy atom. The van der Waals surface area contributed by atoms with Crippen LogP contribution in [0.1, 0.15) is 18.9 Å². The first-order valence-corrected chi connectivity index (χ1v) is 7.23. The fraction of sp³-hybridized carbons (Fsp3) is 0.500. The predicted molar refractivity (Wildman–Crippen MR) is 66.4 cm³/mol. The molecule has 0 bridgehead atoms. The van der Waals surface area contributed by atoms with Gasteiger partial charge in [-0.15, -0.1) is 0 Å². The van der Waals surface area contributed by atoms with E-state index in [4.69, 9.17) is 13.3 Å². The lowest BCUT2D eigenvalue weighted by molar-refractivity contribution is 0.0906. The van der Waals surface area contributed by atoms with Crippen LogP contribution in [0.25, 0.3) is 0 Å². The van der Waals surface area contributed by atoms with Crippen LogP contribution in [-0.4, -0.2) is 29.9 Å². The molecule has 0 spiro atoms. The van der Waals surface area contributed by atoms with Crippen molar-refractivity contribution in [1.29, 1.82) is 0 Å². The van der Waals surface area contributed by atoms with Crippen LogP contribution in [0.2, 0.25) is 0 Å². The maximum atomic E-state index is 13.4. The Bertz CT molecular complexity index is 390. The molecule has 1 unspecified atom stereocenters. The summed E-state index contributed by atoms with van der Waals surface area (Å²) < 4.78 is 54.9. The molecule has 0 aliphatic rings. The summed E-state index contributed by atoms with van der Waals surface area (Å²) in [5, 5.41) is 0. The quantitative estimate of drug-likeness (QED) is 0.723. The highest BCUT2D eigenvalue weighted by atomic mass is 28.3. The highest BCUT2D eigenvalue weighted by Gasteiger charge is 2.17. The maximum absolute atomic E-state index is 13.4. The molecule has 1 rings (SSSR count). The first-order valence-electron chi connectivity index (χ1n) is 5.82. The van der Waals surface area contributed by atoms with Crippen LogP contribution in [0.15, 0.2) is 12.1 Å². The Hall–Kier alpha value is -0.893. The average molecular weight is 294 g/mol. The van der Waals surface area contributed by atoms with E-state index in [0.717, 1.165) is 0 Å². The lowest BCUT2D eigenvalue weighted by atomic mass is 10.1. The van der Waals surface area contributed by atoms with Crippen LogP contribution in [0.3, 0.4) is 0 Å². The molecule has 0 heterocycles. The lowest BCUT2D eigenvalue weighted by Gasteiger charge is -2.18. The van der Waals surface area contributed by atoms with Crippen LogP contribution in [-0.2, 0) is 19.7 Å². The molecule has 7 heteroatoms. The predicted octanol–water partition coefficient (Wildman–Crippen LogP) is 2.45. The third-order valence-corrected chi connectivity index (χ3v) is 4.09. The van der Waals surface area contributed by atoms with Gasteiger partial charge in [0.1, 0.15) is 17.5 Å². The molecule has 3 nitrogen and oxygen atoms in total. The van der Waals surface area contributed by atoms with Gasteiger partial charge in [-0.3, -0.25) is 0 Å². The van der Waals surface area contributed by atoms with Crippen molar-refractivity contribution in [2.75, 3.05) is 14.2 Å². The summed E-state index contributed by atoms with van der Waals surface area (Å²) in [6, 6.07) is 1.34. The number of hydrogen-bond donors (Lipinski definition) is 0. The monoisotopic (exact) mass is 294 g/mol. The molecule has 0 N–H and O–H groups in total. The van der Waals surface area contributed by atoms with Gasteiger partial charge in [-0.1, -0.05) is 0 Å². The van der Waals surface area contributed by atoms with Crippen molar-refractivity contribution in [3.8, 4) is 0 Å². The van der Waals surface area contributed by atoms with E-state index in [1.54, 1.807) is 6.92 Å². The zero-order valence-electron chi connectivity index (χ0n) is 11.1. The van der Waals surface area contributed by atoms with E-state index >= 15 is 0 Å². The van der Waals surface area contributed by atoms with Crippen LogP contribution in [0.5, 0.6) is 0 Å². The molecule has 0 radical (unpaired) electrons. The second-order valence-corrected chi connectivity index (χ2v) is 5.89. The van der Waals surface area contributed by atoms with E-state index in [1.807, 2.05) is 0 Å². The van der Waals surface area contributed by atoms with Crippen molar-refractivity contribution in [3.63, 3.8) is 0 Å². The molecule has 19 heavy (non-hydrogen) atoms. The molecule has 0 aliphatic carbocycles. The van der Waals surface area contributed by atoms with Crippen molar-refractivity contribution in [2.45, 2.75) is 25.9 Å². The molecule has 108 valence electrons. The molecule has 0 aliphatic heterocycles. The van der Waals surface area contributed by atoms with Crippen LogP contribution < -0.4 is 0 Å². The Kier molecular flexibility index (Phi) is 6.50. The van der Waals surface area contributed by atoms with E-state index in [0.29, 0.717) is 18.6 Å². The minimum Gasteiger partial charge on any atom is -0.379 e. The second-order valence-electron chi connectivity index (χ2n) is 4.09. The minimum absolute atomic E-state index is 0.119. The summed E-state index contributed by atoms with van der Waals surface area (Å²) in [6.07, 6.45) is 0.240. The Balaban J connectivity index is 2.57. The topological polar surface area (TPSA) is 27.7 Å². The summed E-state index contributed by atoms with van der Waals surface area (Å²) in [5.74, 6) is -2.68. The summed E-state index contributed by atoms with van der Waals surface area (Å²) in [7, 11) is 0.801. The van der Waals surface area contributed by atoms with E-state index < -0.39 is 27.0 Å². The van der Waals surface area contributed by atoms with Crippen LogP contribution >= 0.6 is 0 Å². The third-order valence-electron chi connectivity index (χ3n) is 2.63. The summed E-state index contributed by atoms with van der Waals surface area (Å²) >= 11 is 0. The second kappa shape index (κ2) is 7.64. The van der Waals surface area contributed by atoms with Gasteiger partial charge in [0.05, 0.1) is 0 Å². The largest absolute Gasteiger partial charge is 0.483 e. The summed E-state index contributed by atoms with van der Waals surface area (Å²) in [6.45, 7) is 1.76. The van der Waals surface area contributed by atoms with Gasteiger partial charge in [0.2, 0.25) is 0 Å². The van der Waals surface area contributed by atoms with E-state index in [-0.39, 0.29) is 18.1 Å². The highest BCUT2D eigenvalue weighted by molar-refractivity contribution is 6.36. The SMILES string of the molecule is CO[SiH](OC)OC(C)CCc1c(F)cc(F)cc1F. The Labute approximate surface area is 112 Å². The highest BCUT2D eigenvalue weighted by Crippen LogP contribution is 2.18. The summed E-state index contributed by atoms with van der Waals surface area (Å²) in [4.78, 5) is 0. The molecule has 0 amide bonds. The molecule has 1 aromatic carbocycles. The van der Waals surface area contributed by atoms with E-state index in [1.165, 1.54) is 14.2 Å². The standard InChI is InChI=1S/C12H17F3O3Si/c1-8(18-19(16-2)17-3)4-5-10-11(14)6-9(13)7-12(10)15/h6-8,19H,4-5H2,1-3H3. The van der Waals surface area contributed by atoms with Crippen molar-refractivity contribution >= 4 is 9.53 Å². The zero-order chi connectivity index (χ0) is 14.4. The van der Waals surface area contributed by atoms with Gasteiger partial charge in [0.15, 0.2) is 0 Å². The molecule has 0 saturated carbocycles. The smallest absolute Gasteiger partial charge is 0.379 e. The maximum Gasteiger partial charge on any atom is 0.483 e. The van der Waals surface area contributed by atoms with Gasteiger partial charge in [0.25, 0.3) is 0 Å². The first-order chi connectivity index (χ1) is 8.97. The van der Waals surface area contributed by atoms with Gasteiger partial charge in [-0.2, -0.15) is 0 Å². The Morgan fingerprint density at radius 3 is 2.11 bits per heavy atom. The van der Waals surface area contributed by atoms with Gasteiger partial charge in [-0.25, -0.2) is 13.2 Å². The van der Waals surface area contributed by atoms with Crippen molar-refractivity contribution in [3.05, 3.63) is 35.1 Å². The molecular weight excluding hydrogens is 277 g/mol. The number of hydrogen-bond acceptors (Lipinski definition) is 3. The average Bonchev–Trinajstić information content (AvgIpc) is 2.34. The third kappa shape index (κ3) is 4.94. The fourth-order valence-corrected chi connectivity index (χ4v) is 2.55. The molecule has 1 aromatic rings. The van der Waals surface area contributed by atoms with Crippen LogP contribution in [0, 0.1) is 17.5 Å². The number of benzene rings is 1.